The summed E-state index contributed by atoms with van der Waals surface area (Å²) in [5.41, 5.74) is 7.25. The molecule has 1 aromatic carbocycles. The van der Waals surface area contributed by atoms with E-state index < -0.39 is 0 Å². The standard InChI is InChI=1S/C18H30N4/c1-2-3-4-8-12-20-18(19)21-14-16-11-13-22(15-16)17-9-6-5-7-10-17/h5-7,9-10,16H,2-4,8,11-15H2,1H3,(H3,19,20,21). The summed E-state index contributed by atoms with van der Waals surface area (Å²) in [7, 11) is 0. The molecule has 1 saturated heterocycles. The number of rotatable bonds is 8. The van der Waals surface area contributed by atoms with Crippen molar-refractivity contribution in [2.45, 2.75) is 39.0 Å². The molecular formula is C18H30N4. The van der Waals surface area contributed by atoms with E-state index in [0.717, 1.165) is 26.2 Å². The lowest BCUT2D eigenvalue weighted by Gasteiger charge is -2.18. The number of guanidine groups is 1. The summed E-state index contributed by atoms with van der Waals surface area (Å²) in [6, 6.07) is 10.6. The van der Waals surface area contributed by atoms with Crippen molar-refractivity contribution in [2.24, 2.45) is 16.6 Å². The Morgan fingerprint density at radius 1 is 1.27 bits per heavy atom. The summed E-state index contributed by atoms with van der Waals surface area (Å²) in [5.74, 6) is 1.22. The van der Waals surface area contributed by atoms with Gasteiger partial charge in [0.05, 0.1) is 0 Å². The van der Waals surface area contributed by atoms with Crippen LogP contribution < -0.4 is 16.0 Å². The Kier molecular flexibility index (Phi) is 7.07. The molecule has 2 rings (SSSR count). The highest BCUT2D eigenvalue weighted by Crippen LogP contribution is 2.23. The fraction of sp³-hybridized carbons (Fsp3) is 0.611. The Bertz CT molecular complexity index is 444. The van der Waals surface area contributed by atoms with Crippen molar-refractivity contribution in [3.05, 3.63) is 30.3 Å². The largest absolute Gasteiger partial charge is 0.371 e. The summed E-state index contributed by atoms with van der Waals surface area (Å²) < 4.78 is 0. The van der Waals surface area contributed by atoms with Crippen molar-refractivity contribution in [1.29, 1.82) is 0 Å². The number of benzene rings is 1. The Labute approximate surface area is 134 Å². The van der Waals surface area contributed by atoms with E-state index in [0.29, 0.717) is 11.9 Å². The van der Waals surface area contributed by atoms with Gasteiger partial charge in [-0.1, -0.05) is 44.4 Å². The van der Waals surface area contributed by atoms with Gasteiger partial charge in [0, 0.05) is 31.9 Å². The molecule has 0 aliphatic carbocycles. The Balaban J connectivity index is 1.66. The Hall–Kier alpha value is -1.71. The molecule has 1 aliphatic rings. The van der Waals surface area contributed by atoms with Crippen LogP contribution >= 0.6 is 0 Å². The first-order valence-electron chi connectivity index (χ1n) is 8.63. The van der Waals surface area contributed by atoms with Crippen LogP contribution in [0, 0.1) is 5.92 Å². The number of anilines is 1. The van der Waals surface area contributed by atoms with Gasteiger partial charge in [0.25, 0.3) is 0 Å². The number of nitrogens with one attached hydrogen (secondary N) is 1. The van der Waals surface area contributed by atoms with Crippen LogP contribution in [-0.4, -0.2) is 32.1 Å². The van der Waals surface area contributed by atoms with E-state index in [9.17, 15) is 0 Å². The number of unbranched alkanes of at least 4 members (excludes halogenated alkanes) is 3. The van der Waals surface area contributed by atoms with Crippen molar-refractivity contribution in [2.75, 3.05) is 31.1 Å². The molecule has 4 heteroatoms. The highest BCUT2D eigenvalue weighted by molar-refractivity contribution is 5.77. The van der Waals surface area contributed by atoms with Gasteiger partial charge in [-0.3, -0.25) is 4.99 Å². The number of nitrogens with two attached hydrogens (primary N) is 1. The van der Waals surface area contributed by atoms with Crippen LogP contribution in [-0.2, 0) is 0 Å². The molecule has 3 N–H and O–H groups in total. The van der Waals surface area contributed by atoms with E-state index in [1.807, 2.05) is 0 Å². The second-order valence-electron chi connectivity index (χ2n) is 6.15. The average molecular weight is 302 g/mol. The number of para-hydroxylation sites is 1. The first-order chi connectivity index (χ1) is 10.8. The van der Waals surface area contributed by atoms with Crippen LogP contribution in [0.3, 0.4) is 0 Å². The summed E-state index contributed by atoms with van der Waals surface area (Å²) in [5, 5.41) is 3.22. The zero-order chi connectivity index (χ0) is 15.6. The van der Waals surface area contributed by atoms with Crippen LogP contribution in [0.25, 0.3) is 0 Å². The number of hydrogen-bond acceptors (Lipinski definition) is 2. The quantitative estimate of drug-likeness (QED) is 0.441. The molecule has 0 aromatic heterocycles. The van der Waals surface area contributed by atoms with E-state index in [4.69, 9.17) is 5.73 Å². The van der Waals surface area contributed by atoms with Crippen LogP contribution in [0.1, 0.15) is 39.0 Å². The van der Waals surface area contributed by atoms with Crippen molar-refractivity contribution >= 4 is 11.6 Å². The van der Waals surface area contributed by atoms with Gasteiger partial charge in [-0.05, 0) is 30.9 Å². The van der Waals surface area contributed by atoms with Gasteiger partial charge in [0.2, 0.25) is 0 Å². The van der Waals surface area contributed by atoms with Crippen molar-refractivity contribution in [1.82, 2.24) is 5.32 Å². The molecule has 1 aliphatic heterocycles. The molecule has 0 radical (unpaired) electrons. The predicted molar refractivity (Wildman–Crippen MR) is 95.4 cm³/mol. The maximum absolute atomic E-state index is 5.94. The maximum atomic E-state index is 5.94. The van der Waals surface area contributed by atoms with Crippen molar-refractivity contribution in [3.8, 4) is 0 Å². The average Bonchev–Trinajstić information content (AvgIpc) is 3.02. The normalized spacial score (nSPS) is 18.7. The molecule has 0 saturated carbocycles. The van der Waals surface area contributed by atoms with E-state index in [1.165, 1.54) is 37.8 Å². The molecule has 1 aromatic rings. The minimum atomic E-state index is 0.606. The lowest BCUT2D eigenvalue weighted by Crippen LogP contribution is -2.33. The molecule has 0 bridgehead atoms. The lowest BCUT2D eigenvalue weighted by atomic mass is 10.1. The number of nitrogens with zero attached hydrogens (tertiary/aromatic N) is 2. The van der Waals surface area contributed by atoms with Gasteiger partial charge < -0.3 is 16.0 Å². The predicted octanol–water partition coefficient (Wildman–Crippen LogP) is 3.00. The molecular weight excluding hydrogens is 272 g/mol. The fourth-order valence-corrected chi connectivity index (χ4v) is 2.91. The second kappa shape index (κ2) is 9.34. The molecule has 4 nitrogen and oxygen atoms in total. The van der Waals surface area contributed by atoms with Gasteiger partial charge in [-0.15, -0.1) is 0 Å². The van der Waals surface area contributed by atoms with E-state index >= 15 is 0 Å². The maximum Gasteiger partial charge on any atom is 0.188 e. The monoisotopic (exact) mass is 302 g/mol. The zero-order valence-corrected chi connectivity index (χ0v) is 13.8. The first kappa shape index (κ1) is 16.7. The SMILES string of the molecule is CCCCCCNC(N)=NCC1CCN(c2ccccc2)C1. The molecule has 1 atom stereocenters. The second-order valence-corrected chi connectivity index (χ2v) is 6.15. The van der Waals surface area contributed by atoms with Crippen molar-refractivity contribution in [3.63, 3.8) is 0 Å². The number of aliphatic imine (C=N–C) groups is 1. The topological polar surface area (TPSA) is 53.6 Å². The van der Waals surface area contributed by atoms with Gasteiger partial charge in [-0.2, -0.15) is 0 Å². The van der Waals surface area contributed by atoms with Crippen molar-refractivity contribution < 1.29 is 0 Å². The zero-order valence-electron chi connectivity index (χ0n) is 13.8. The summed E-state index contributed by atoms with van der Waals surface area (Å²) in [6.45, 7) is 6.20. The van der Waals surface area contributed by atoms with Gasteiger partial charge in [0.1, 0.15) is 0 Å². The van der Waals surface area contributed by atoms with Crippen LogP contribution in [0.5, 0.6) is 0 Å². The Morgan fingerprint density at radius 3 is 2.86 bits per heavy atom. The summed E-state index contributed by atoms with van der Waals surface area (Å²) in [4.78, 5) is 6.95. The highest BCUT2D eigenvalue weighted by atomic mass is 15.2. The Morgan fingerprint density at radius 2 is 2.09 bits per heavy atom. The third-order valence-electron chi connectivity index (χ3n) is 4.26. The van der Waals surface area contributed by atoms with Gasteiger partial charge >= 0.3 is 0 Å². The summed E-state index contributed by atoms with van der Waals surface area (Å²) >= 11 is 0. The van der Waals surface area contributed by atoms with Gasteiger partial charge in [-0.25, -0.2) is 0 Å². The molecule has 0 amide bonds. The molecule has 1 heterocycles. The van der Waals surface area contributed by atoms with E-state index in [-0.39, 0.29) is 0 Å². The molecule has 1 fully saturated rings. The van der Waals surface area contributed by atoms with E-state index in [1.54, 1.807) is 0 Å². The van der Waals surface area contributed by atoms with Crippen LogP contribution in [0.4, 0.5) is 5.69 Å². The summed E-state index contributed by atoms with van der Waals surface area (Å²) in [6.07, 6.45) is 6.21. The smallest absolute Gasteiger partial charge is 0.188 e. The fourth-order valence-electron chi connectivity index (χ4n) is 2.91. The minimum absolute atomic E-state index is 0.606. The minimum Gasteiger partial charge on any atom is -0.371 e. The van der Waals surface area contributed by atoms with Crippen LogP contribution in [0.15, 0.2) is 35.3 Å². The highest BCUT2D eigenvalue weighted by Gasteiger charge is 2.22. The molecule has 0 spiro atoms. The molecule has 122 valence electrons. The van der Waals surface area contributed by atoms with Gasteiger partial charge in [0.15, 0.2) is 5.96 Å². The molecule has 1 unspecified atom stereocenters. The molecule has 22 heavy (non-hydrogen) atoms. The van der Waals surface area contributed by atoms with E-state index in [2.05, 4.69) is 52.5 Å². The number of hydrogen-bond donors (Lipinski definition) is 2. The third-order valence-corrected chi connectivity index (χ3v) is 4.26. The lowest BCUT2D eigenvalue weighted by molar-refractivity contribution is 0.599. The third kappa shape index (κ3) is 5.58. The first-order valence-corrected chi connectivity index (χ1v) is 8.63. The van der Waals surface area contributed by atoms with Crippen LogP contribution in [0.2, 0.25) is 0 Å².